The summed E-state index contributed by atoms with van der Waals surface area (Å²) < 4.78 is 10.9. The van der Waals surface area contributed by atoms with E-state index in [1.54, 1.807) is 26.6 Å². The third-order valence-electron chi connectivity index (χ3n) is 8.11. The quantitative estimate of drug-likeness (QED) is 0.0506. The van der Waals surface area contributed by atoms with E-state index < -0.39 is 12.1 Å². The van der Waals surface area contributed by atoms with Gasteiger partial charge in [0.2, 0.25) is 11.8 Å². The number of nitrogens with two attached hydrogens (primary N) is 2. The zero-order chi connectivity index (χ0) is 35.9. The van der Waals surface area contributed by atoms with Crippen molar-refractivity contribution in [2.75, 3.05) is 49.4 Å². The molecule has 4 atom stereocenters. The molecular formula is C36H50N8O4S2. The molecule has 2 aromatic heterocycles. The molecule has 270 valence electrons. The Labute approximate surface area is 302 Å². The van der Waals surface area contributed by atoms with E-state index in [1.807, 2.05) is 48.5 Å². The fourth-order valence-corrected chi connectivity index (χ4v) is 7.60. The SMILES string of the molecule is COc1cc(NC(C)CCCNC(=O)C(N)CSSCC(N)C(=O)NCCCC(C)Nc2cc(OC)cc3cccnc23)c2ncccc2c1. The number of amides is 2. The van der Waals surface area contributed by atoms with Gasteiger partial charge in [0.25, 0.3) is 0 Å². The predicted molar refractivity (Wildman–Crippen MR) is 208 cm³/mol. The van der Waals surface area contributed by atoms with E-state index in [-0.39, 0.29) is 23.9 Å². The van der Waals surface area contributed by atoms with Crippen molar-refractivity contribution in [3.63, 3.8) is 0 Å². The predicted octanol–water partition coefficient (Wildman–Crippen LogP) is 4.93. The van der Waals surface area contributed by atoms with Gasteiger partial charge in [-0.1, -0.05) is 33.7 Å². The maximum Gasteiger partial charge on any atom is 0.237 e. The first-order valence-corrected chi connectivity index (χ1v) is 19.4. The van der Waals surface area contributed by atoms with Gasteiger partial charge in [0.05, 0.1) is 48.7 Å². The highest BCUT2D eigenvalue weighted by Gasteiger charge is 2.17. The lowest BCUT2D eigenvalue weighted by atomic mass is 10.1. The van der Waals surface area contributed by atoms with Gasteiger partial charge < -0.3 is 42.2 Å². The number of pyridine rings is 2. The Morgan fingerprint density at radius 3 is 1.54 bits per heavy atom. The highest BCUT2D eigenvalue weighted by molar-refractivity contribution is 8.76. The van der Waals surface area contributed by atoms with Crippen LogP contribution in [0, 0.1) is 0 Å². The Bertz CT molecular complexity index is 1570. The monoisotopic (exact) mass is 722 g/mol. The molecule has 0 saturated carbocycles. The third kappa shape index (κ3) is 11.8. The molecule has 0 aliphatic heterocycles. The molecule has 0 aliphatic carbocycles. The minimum Gasteiger partial charge on any atom is -0.497 e. The van der Waals surface area contributed by atoms with Crippen LogP contribution in [-0.2, 0) is 9.59 Å². The van der Waals surface area contributed by atoms with E-state index in [2.05, 4.69) is 45.1 Å². The maximum atomic E-state index is 12.5. The van der Waals surface area contributed by atoms with Gasteiger partial charge in [0.1, 0.15) is 11.5 Å². The fraction of sp³-hybridized carbons (Fsp3) is 0.444. The maximum absolute atomic E-state index is 12.5. The van der Waals surface area contributed by atoms with E-state index in [1.165, 1.54) is 21.6 Å². The molecule has 4 aromatic rings. The Kier molecular flexibility index (Phi) is 15.5. The summed E-state index contributed by atoms with van der Waals surface area (Å²) in [5.74, 6) is 1.99. The number of anilines is 2. The van der Waals surface area contributed by atoms with Crippen molar-refractivity contribution in [1.82, 2.24) is 20.6 Å². The van der Waals surface area contributed by atoms with Crippen LogP contribution in [-0.4, -0.2) is 84.8 Å². The van der Waals surface area contributed by atoms with Crippen LogP contribution in [0.5, 0.6) is 11.5 Å². The lowest BCUT2D eigenvalue weighted by Crippen LogP contribution is -2.43. The summed E-state index contributed by atoms with van der Waals surface area (Å²) in [5.41, 5.74) is 15.8. The summed E-state index contributed by atoms with van der Waals surface area (Å²) >= 11 is 0. The smallest absolute Gasteiger partial charge is 0.237 e. The van der Waals surface area contributed by atoms with Crippen molar-refractivity contribution < 1.29 is 19.1 Å². The van der Waals surface area contributed by atoms with Crippen LogP contribution in [0.15, 0.2) is 60.9 Å². The summed E-state index contributed by atoms with van der Waals surface area (Å²) in [6.45, 7) is 5.26. The number of benzene rings is 2. The fourth-order valence-electron chi connectivity index (χ4n) is 5.36. The van der Waals surface area contributed by atoms with Gasteiger partial charge in [0, 0.05) is 72.0 Å². The molecule has 4 rings (SSSR count). The lowest BCUT2D eigenvalue weighted by Gasteiger charge is -2.18. The molecule has 0 bridgehead atoms. The van der Waals surface area contributed by atoms with Gasteiger partial charge in [-0.15, -0.1) is 0 Å². The molecule has 0 fully saturated rings. The van der Waals surface area contributed by atoms with E-state index in [9.17, 15) is 9.59 Å². The Balaban J connectivity index is 1.05. The van der Waals surface area contributed by atoms with Crippen LogP contribution < -0.4 is 42.2 Å². The third-order valence-corrected chi connectivity index (χ3v) is 10.6. The summed E-state index contributed by atoms with van der Waals surface area (Å²) in [6, 6.07) is 14.7. The van der Waals surface area contributed by atoms with Crippen LogP contribution in [0.4, 0.5) is 11.4 Å². The van der Waals surface area contributed by atoms with Crippen LogP contribution >= 0.6 is 21.6 Å². The van der Waals surface area contributed by atoms with E-state index in [4.69, 9.17) is 20.9 Å². The van der Waals surface area contributed by atoms with E-state index in [0.29, 0.717) is 24.6 Å². The van der Waals surface area contributed by atoms with Crippen LogP contribution in [0.3, 0.4) is 0 Å². The van der Waals surface area contributed by atoms with Crippen molar-refractivity contribution in [2.45, 2.75) is 63.7 Å². The van der Waals surface area contributed by atoms with Crippen molar-refractivity contribution in [3.05, 3.63) is 60.9 Å². The minimum absolute atomic E-state index is 0.162. The molecule has 50 heavy (non-hydrogen) atoms. The Morgan fingerprint density at radius 2 is 1.14 bits per heavy atom. The average molecular weight is 723 g/mol. The number of carbonyl (C=O) groups is 2. The molecule has 2 heterocycles. The number of aromatic nitrogens is 2. The van der Waals surface area contributed by atoms with Crippen LogP contribution in [0.25, 0.3) is 21.8 Å². The van der Waals surface area contributed by atoms with Crippen molar-refractivity contribution in [1.29, 1.82) is 0 Å². The lowest BCUT2D eigenvalue weighted by molar-refractivity contribution is -0.122. The zero-order valence-corrected chi connectivity index (χ0v) is 30.9. The minimum atomic E-state index is -0.649. The summed E-state index contributed by atoms with van der Waals surface area (Å²) in [5, 5.41) is 14.9. The first-order chi connectivity index (χ1) is 24.2. The van der Waals surface area contributed by atoms with Gasteiger partial charge in [0.15, 0.2) is 0 Å². The largest absolute Gasteiger partial charge is 0.497 e. The van der Waals surface area contributed by atoms with Crippen LogP contribution in [0.2, 0.25) is 0 Å². The van der Waals surface area contributed by atoms with E-state index in [0.717, 1.165) is 70.4 Å². The molecule has 14 heteroatoms. The highest BCUT2D eigenvalue weighted by atomic mass is 33.1. The summed E-state index contributed by atoms with van der Waals surface area (Å²) in [6.07, 6.45) is 6.83. The van der Waals surface area contributed by atoms with Crippen molar-refractivity contribution in [2.24, 2.45) is 11.5 Å². The number of methoxy groups -OCH3 is 2. The van der Waals surface area contributed by atoms with Gasteiger partial charge in [-0.25, -0.2) is 0 Å². The number of fused-ring (bicyclic) bond motifs is 2. The van der Waals surface area contributed by atoms with Gasteiger partial charge in [-0.05, 0) is 63.8 Å². The van der Waals surface area contributed by atoms with E-state index >= 15 is 0 Å². The highest BCUT2D eigenvalue weighted by Crippen LogP contribution is 2.30. The van der Waals surface area contributed by atoms with Crippen molar-refractivity contribution in [3.8, 4) is 11.5 Å². The second-order valence-corrected chi connectivity index (χ2v) is 14.8. The molecule has 0 spiro atoms. The molecule has 2 aromatic carbocycles. The number of ether oxygens (including phenoxy) is 2. The number of hydrogen-bond acceptors (Lipinski definition) is 12. The number of rotatable bonds is 21. The molecule has 2 amide bonds. The van der Waals surface area contributed by atoms with Gasteiger partial charge in [-0.2, -0.15) is 0 Å². The molecule has 12 nitrogen and oxygen atoms in total. The number of nitrogens with one attached hydrogen (secondary N) is 4. The van der Waals surface area contributed by atoms with Crippen LogP contribution in [0.1, 0.15) is 39.5 Å². The summed E-state index contributed by atoms with van der Waals surface area (Å²) in [4.78, 5) is 34.1. The molecule has 0 aliphatic rings. The standard InChI is InChI=1S/C36H50N8O4S2/c1-23(43-31-19-27(47-3)17-25-11-7-13-39-33(25)31)9-5-15-41-35(45)29(37)21-49-50-22-30(38)36(46)42-16-6-10-24(2)44-32-20-28(48-4)18-26-12-8-14-40-34(26)32/h7-8,11-14,17-20,23-24,29-30,43-44H,5-6,9-10,15-16,21-22,37-38H2,1-4H3,(H,41,45)(H,42,46). The number of hydrogen-bond donors (Lipinski definition) is 6. The molecule has 0 saturated heterocycles. The zero-order valence-electron chi connectivity index (χ0n) is 29.2. The number of carbonyl (C=O) groups excluding carboxylic acids is 2. The first kappa shape index (κ1) is 38.8. The van der Waals surface area contributed by atoms with Gasteiger partial charge in [-0.3, -0.25) is 19.6 Å². The number of nitrogens with zero attached hydrogens (tertiary/aromatic N) is 2. The summed E-state index contributed by atoms with van der Waals surface area (Å²) in [7, 11) is 6.19. The first-order valence-electron chi connectivity index (χ1n) is 16.9. The topological polar surface area (TPSA) is 179 Å². The molecule has 0 radical (unpaired) electrons. The normalized spacial score (nSPS) is 13.6. The second kappa shape index (κ2) is 20.0. The Morgan fingerprint density at radius 1 is 0.720 bits per heavy atom. The second-order valence-electron chi connectivity index (χ2n) is 12.2. The molecule has 8 N–H and O–H groups in total. The van der Waals surface area contributed by atoms with Gasteiger partial charge >= 0.3 is 0 Å². The average Bonchev–Trinajstić information content (AvgIpc) is 3.13. The van der Waals surface area contributed by atoms with Crippen molar-refractivity contribution >= 4 is 66.6 Å². The molecular weight excluding hydrogens is 673 g/mol. The Hall–Kier alpha value is -3.98. The molecule has 4 unspecified atom stereocenters.